The van der Waals surface area contributed by atoms with Gasteiger partial charge in [-0.2, -0.15) is 13.2 Å². The third-order valence-electron chi connectivity index (χ3n) is 6.49. The summed E-state index contributed by atoms with van der Waals surface area (Å²) >= 11 is 6.31. The number of hydrogen-bond donors (Lipinski definition) is 1. The standard InChI is InChI=1S/C27H23ClF3NO6/c1-15(20-13-19(9-10-21(20)28)38-18-7-4-16(5-8-18)25(34)36-3)26(35,27(29,30)31)17-6-11-23-22(12-17)32(2)24(33)14-37-23/h4-13,15,35H,14H2,1-3H3/t15-,26-/m0/s1. The Hall–Kier alpha value is -3.76. The average Bonchev–Trinajstić information content (AvgIpc) is 2.90. The predicted molar refractivity (Wildman–Crippen MR) is 133 cm³/mol. The second-order valence-corrected chi connectivity index (χ2v) is 9.12. The molecule has 200 valence electrons. The molecule has 0 saturated carbocycles. The van der Waals surface area contributed by atoms with Gasteiger partial charge in [-0.25, -0.2) is 4.79 Å². The number of carbonyl (C=O) groups excluding carboxylic acids is 2. The van der Waals surface area contributed by atoms with Crippen molar-refractivity contribution in [2.45, 2.75) is 24.6 Å². The van der Waals surface area contributed by atoms with Gasteiger partial charge in [0.25, 0.3) is 5.91 Å². The fourth-order valence-corrected chi connectivity index (χ4v) is 4.50. The number of amides is 1. The summed E-state index contributed by atoms with van der Waals surface area (Å²) in [6.45, 7) is 0.963. The van der Waals surface area contributed by atoms with Crippen LogP contribution in [0, 0.1) is 0 Å². The van der Waals surface area contributed by atoms with E-state index in [-0.39, 0.29) is 34.4 Å². The van der Waals surface area contributed by atoms with Crippen LogP contribution in [0.1, 0.15) is 34.3 Å². The first-order valence-corrected chi connectivity index (χ1v) is 11.7. The van der Waals surface area contributed by atoms with E-state index < -0.39 is 35.1 Å². The number of benzene rings is 3. The fraction of sp³-hybridized carbons (Fsp3) is 0.259. The number of anilines is 1. The first kappa shape index (κ1) is 27.3. The van der Waals surface area contributed by atoms with Crippen LogP contribution in [0.15, 0.2) is 60.7 Å². The van der Waals surface area contributed by atoms with Gasteiger partial charge >= 0.3 is 12.1 Å². The molecule has 1 aliphatic heterocycles. The summed E-state index contributed by atoms with van der Waals surface area (Å²) in [6, 6.07) is 13.6. The summed E-state index contributed by atoms with van der Waals surface area (Å²) in [5.41, 5.74) is -3.49. The molecule has 2 atom stereocenters. The summed E-state index contributed by atoms with van der Waals surface area (Å²) in [5.74, 6) is -1.87. The Morgan fingerprint density at radius 1 is 1.08 bits per heavy atom. The number of likely N-dealkylation sites (N-methyl/N-ethyl adjacent to an activating group) is 1. The molecule has 0 aliphatic carbocycles. The molecule has 1 amide bonds. The molecule has 3 aromatic rings. The maximum atomic E-state index is 14.6. The van der Waals surface area contributed by atoms with Gasteiger partial charge in [-0.3, -0.25) is 4.79 Å². The number of alkyl halides is 3. The van der Waals surface area contributed by atoms with Gasteiger partial charge in [0.2, 0.25) is 0 Å². The Bertz CT molecular complexity index is 1380. The number of rotatable bonds is 6. The molecule has 3 aromatic carbocycles. The molecule has 0 unspecified atom stereocenters. The van der Waals surface area contributed by atoms with Crippen LogP contribution in [-0.2, 0) is 15.1 Å². The van der Waals surface area contributed by atoms with Crippen LogP contribution < -0.4 is 14.4 Å². The van der Waals surface area contributed by atoms with E-state index in [0.29, 0.717) is 11.3 Å². The summed E-state index contributed by atoms with van der Waals surface area (Å²) in [6.07, 6.45) is -5.12. The number of ether oxygens (including phenoxy) is 3. The van der Waals surface area contributed by atoms with Gasteiger partial charge in [0.1, 0.15) is 17.2 Å². The van der Waals surface area contributed by atoms with Crippen LogP contribution in [0.5, 0.6) is 17.2 Å². The average molecular weight is 550 g/mol. The number of aliphatic hydroxyl groups is 1. The molecular formula is C27H23ClF3NO6. The third kappa shape index (κ3) is 4.89. The Labute approximate surface area is 221 Å². The molecule has 7 nitrogen and oxygen atoms in total. The quantitative estimate of drug-likeness (QED) is 0.390. The van der Waals surface area contributed by atoms with Crippen molar-refractivity contribution in [2.75, 3.05) is 25.7 Å². The number of hydrogen-bond acceptors (Lipinski definition) is 6. The number of nitrogens with zero attached hydrogens (tertiary/aromatic N) is 1. The van der Waals surface area contributed by atoms with Crippen LogP contribution in [0.3, 0.4) is 0 Å². The van der Waals surface area contributed by atoms with E-state index in [1.807, 2.05) is 0 Å². The van der Waals surface area contributed by atoms with Crippen LogP contribution in [-0.4, -0.2) is 43.9 Å². The van der Waals surface area contributed by atoms with Crippen molar-refractivity contribution in [2.24, 2.45) is 0 Å². The minimum Gasteiger partial charge on any atom is -0.482 e. The van der Waals surface area contributed by atoms with Crippen molar-refractivity contribution in [1.29, 1.82) is 0 Å². The molecular weight excluding hydrogens is 527 g/mol. The van der Waals surface area contributed by atoms with Crippen LogP contribution in [0.25, 0.3) is 0 Å². The Balaban J connectivity index is 1.71. The minimum atomic E-state index is -5.12. The van der Waals surface area contributed by atoms with Crippen LogP contribution in [0.2, 0.25) is 5.02 Å². The van der Waals surface area contributed by atoms with E-state index in [2.05, 4.69) is 4.74 Å². The van der Waals surface area contributed by atoms with Crippen molar-refractivity contribution in [1.82, 2.24) is 0 Å². The highest BCUT2D eigenvalue weighted by atomic mass is 35.5. The molecule has 0 aromatic heterocycles. The zero-order valence-electron chi connectivity index (χ0n) is 20.5. The molecule has 38 heavy (non-hydrogen) atoms. The molecule has 1 aliphatic rings. The zero-order valence-corrected chi connectivity index (χ0v) is 21.3. The lowest BCUT2D eigenvalue weighted by Crippen LogP contribution is -2.47. The van der Waals surface area contributed by atoms with Crippen LogP contribution >= 0.6 is 11.6 Å². The summed E-state index contributed by atoms with van der Waals surface area (Å²) in [4.78, 5) is 24.8. The SMILES string of the molecule is COC(=O)c1ccc(Oc2ccc(Cl)c([C@H](C)[C@](O)(c3ccc4c(c3)N(C)C(=O)CO4)C(F)(F)F)c2)cc1. The normalized spacial score (nSPS) is 15.7. The smallest absolute Gasteiger partial charge is 0.422 e. The highest BCUT2D eigenvalue weighted by Crippen LogP contribution is 2.51. The molecule has 1 N–H and O–H groups in total. The first-order chi connectivity index (χ1) is 17.9. The van der Waals surface area contributed by atoms with Gasteiger partial charge < -0.3 is 24.2 Å². The van der Waals surface area contributed by atoms with E-state index in [4.69, 9.17) is 21.1 Å². The van der Waals surface area contributed by atoms with E-state index in [1.54, 1.807) is 0 Å². The first-order valence-electron chi connectivity index (χ1n) is 11.4. The second kappa shape index (κ2) is 10.2. The van der Waals surface area contributed by atoms with Crippen LogP contribution in [0.4, 0.5) is 18.9 Å². The lowest BCUT2D eigenvalue weighted by molar-refractivity contribution is -0.274. The van der Waals surface area contributed by atoms with Gasteiger partial charge in [-0.15, -0.1) is 0 Å². The Morgan fingerprint density at radius 3 is 2.37 bits per heavy atom. The van der Waals surface area contributed by atoms with Crippen molar-refractivity contribution >= 4 is 29.2 Å². The molecule has 4 rings (SSSR count). The van der Waals surface area contributed by atoms with Gasteiger partial charge in [0.05, 0.1) is 18.4 Å². The molecule has 0 spiro atoms. The molecule has 0 fully saturated rings. The number of methoxy groups -OCH3 is 1. The van der Waals surface area contributed by atoms with Gasteiger partial charge in [0.15, 0.2) is 12.2 Å². The monoisotopic (exact) mass is 549 g/mol. The van der Waals surface area contributed by atoms with Crippen molar-refractivity contribution < 1.29 is 42.1 Å². The topological polar surface area (TPSA) is 85.3 Å². The number of fused-ring (bicyclic) bond motifs is 1. The second-order valence-electron chi connectivity index (χ2n) is 8.71. The zero-order chi connectivity index (χ0) is 27.8. The fourth-order valence-electron chi connectivity index (χ4n) is 4.22. The maximum absolute atomic E-state index is 14.6. The van der Waals surface area contributed by atoms with E-state index in [0.717, 1.165) is 12.1 Å². The molecule has 11 heteroatoms. The Morgan fingerprint density at radius 2 is 1.74 bits per heavy atom. The number of carbonyl (C=O) groups is 2. The highest BCUT2D eigenvalue weighted by molar-refractivity contribution is 6.31. The van der Waals surface area contributed by atoms with E-state index in [9.17, 15) is 27.9 Å². The lowest BCUT2D eigenvalue weighted by atomic mass is 9.77. The molecule has 1 heterocycles. The summed E-state index contributed by atoms with van der Waals surface area (Å²) < 4.78 is 59.4. The molecule has 0 radical (unpaired) electrons. The summed E-state index contributed by atoms with van der Waals surface area (Å²) in [5, 5.41) is 11.3. The Kier molecular flexibility index (Phi) is 7.31. The third-order valence-corrected chi connectivity index (χ3v) is 6.83. The predicted octanol–water partition coefficient (Wildman–Crippen LogP) is 5.83. The minimum absolute atomic E-state index is 0.0119. The van der Waals surface area contributed by atoms with Crippen molar-refractivity contribution in [3.8, 4) is 17.2 Å². The van der Waals surface area contributed by atoms with Gasteiger partial charge in [0, 0.05) is 18.0 Å². The van der Waals surface area contributed by atoms with Crippen molar-refractivity contribution in [3.05, 3.63) is 82.4 Å². The van der Waals surface area contributed by atoms with Gasteiger partial charge in [-0.05, 0) is 65.7 Å². The summed E-state index contributed by atoms with van der Waals surface area (Å²) in [7, 11) is 2.67. The molecule has 0 bridgehead atoms. The van der Waals surface area contributed by atoms with E-state index >= 15 is 0 Å². The highest BCUT2D eigenvalue weighted by Gasteiger charge is 2.59. The van der Waals surface area contributed by atoms with Gasteiger partial charge in [-0.1, -0.05) is 24.6 Å². The van der Waals surface area contributed by atoms with Crippen molar-refractivity contribution in [3.63, 3.8) is 0 Å². The van der Waals surface area contributed by atoms with E-state index in [1.165, 1.54) is 74.5 Å². The number of halogens is 4. The maximum Gasteiger partial charge on any atom is 0.422 e. The number of esters is 1. The molecule has 0 saturated heterocycles. The largest absolute Gasteiger partial charge is 0.482 e. The lowest BCUT2D eigenvalue weighted by Gasteiger charge is -2.38.